The molecule has 0 aliphatic carbocycles. The van der Waals surface area contributed by atoms with Crippen molar-refractivity contribution in [3.8, 4) is 6.07 Å². The van der Waals surface area contributed by atoms with Crippen molar-refractivity contribution < 1.29 is 0 Å². The second kappa shape index (κ2) is 7.80. The van der Waals surface area contributed by atoms with Crippen LogP contribution in [0, 0.1) is 17.2 Å². The van der Waals surface area contributed by atoms with E-state index in [-0.39, 0.29) is 12.2 Å². The number of nitriles is 1. The third-order valence-corrected chi connectivity index (χ3v) is 5.53. The number of rotatable bonds is 5. The molecule has 2 aromatic heterocycles. The molecule has 144 valence electrons. The maximum Gasteiger partial charge on any atom is 0.328 e. The van der Waals surface area contributed by atoms with Crippen LogP contribution in [0.4, 0.5) is 5.95 Å². The van der Waals surface area contributed by atoms with Gasteiger partial charge in [0.2, 0.25) is 5.95 Å². The standard InChI is InChI=1S/C18H17Cl2N7O/c19-12-2-1-3-13(20)11(12)9-27-16-15(25-18(27)28)14(6-21)24-17(26-16)23-8-10-4-5-22-7-10/h1-3,10,22H,4-5,7-9H2,(H,25,28)(H,23,24,26)/t10-/m1/s1. The van der Waals surface area contributed by atoms with Crippen molar-refractivity contribution >= 4 is 40.3 Å². The van der Waals surface area contributed by atoms with Gasteiger partial charge in [0.25, 0.3) is 0 Å². The maximum absolute atomic E-state index is 12.5. The molecule has 0 amide bonds. The van der Waals surface area contributed by atoms with E-state index in [2.05, 4.69) is 25.6 Å². The number of aromatic nitrogens is 4. The molecular formula is C18H17Cl2N7O. The van der Waals surface area contributed by atoms with Crippen molar-refractivity contribution in [2.45, 2.75) is 13.0 Å². The average molecular weight is 418 g/mol. The highest BCUT2D eigenvalue weighted by molar-refractivity contribution is 6.36. The molecule has 0 unspecified atom stereocenters. The van der Waals surface area contributed by atoms with Gasteiger partial charge in [0.1, 0.15) is 11.6 Å². The molecule has 3 N–H and O–H groups in total. The van der Waals surface area contributed by atoms with Gasteiger partial charge in [-0.2, -0.15) is 15.2 Å². The molecule has 1 saturated heterocycles. The van der Waals surface area contributed by atoms with Gasteiger partial charge in [-0.15, -0.1) is 0 Å². The number of hydrogen-bond acceptors (Lipinski definition) is 6. The lowest BCUT2D eigenvalue weighted by Gasteiger charge is -2.11. The lowest BCUT2D eigenvalue weighted by Crippen LogP contribution is -2.20. The minimum atomic E-state index is -0.408. The normalized spacial score (nSPS) is 16.4. The van der Waals surface area contributed by atoms with Crippen molar-refractivity contribution in [1.82, 2.24) is 24.8 Å². The highest BCUT2D eigenvalue weighted by atomic mass is 35.5. The number of fused-ring (bicyclic) bond motifs is 1. The topological polar surface area (TPSA) is 111 Å². The van der Waals surface area contributed by atoms with Gasteiger partial charge in [0, 0.05) is 22.2 Å². The summed E-state index contributed by atoms with van der Waals surface area (Å²) in [6, 6.07) is 7.18. The van der Waals surface area contributed by atoms with Crippen molar-refractivity contribution in [2.75, 3.05) is 25.0 Å². The van der Waals surface area contributed by atoms with E-state index in [9.17, 15) is 10.1 Å². The molecular weight excluding hydrogens is 401 g/mol. The van der Waals surface area contributed by atoms with Crippen LogP contribution in [-0.4, -0.2) is 39.2 Å². The van der Waals surface area contributed by atoms with Crippen LogP contribution in [0.1, 0.15) is 17.7 Å². The monoisotopic (exact) mass is 417 g/mol. The van der Waals surface area contributed by atoms with Crippen molar-refractivity contribution in [2.24, 2.45) is 5.92 Å². The summed E-state index contributed by atoms with van der Waals surface area (Å²) in [6.07, 6.45) is 1.07. The number of aromatic amines is 1. The molecule has 3 aromatic rings. The lowest BCUT2D eigenvalue weighted by atomic mass is 10.1. The molecule has 3 heterocycles. The Hall–Kier alpha value is -2.60. The molecule has 0 spiro atoms. The second-order valence-electron chi connectivity index (χ2n) is 6.66. The molecule has 0 saturated carbocycles. The Morgan fingerprint density at radius 2 is 2.11 bits per heavy atom. The van der Waals surface area contributed by atoms with Crippen molar-refractivity contribution in [3.05, 3.63) is 50.0 Å². The van der Waals surface area contributed by atoms with Crippen LogP contribution in [0.3, 0.4) is 0 Å². The number of nitrogens with zero attached hydrogens (tertiary/aromatic N) is 4. The summed E-state index contributed by atoms with van der Waals surface area (Å²) < 4.78 is 1.41. The largest absolute Gasteiger partial charge is 0.354 e. The van der Waals surface area contributed by atoms with Crippen LogP contribution in [0.5, 0.6) is 0 Å². The first-order valence-electron chi connectivity index (χ1n) is 8.85. The molecule has 28 heavy (non-hydrogen) atoms. The molecule has 8 nitrogen and oxygen atoms in total. The lowest BCUT2D eigenvalue weighted by molar-refractivity contribution is 0.613. The van der Waals surface area contributed by atoms with Crippen LogP contribution in [0.15, 0.2) is 23.0 Å². The van der Waals surface area contributed by atoms with Gasteiger partial charge in [-0.05, 0) is 37.6 Å². The van der Waals surface area contributed by atoms with Crippen LogP contribution < -0.4 is 16.3 Å². The third kappa shape index (κ3) is 3.56. The van der Waals surface area contributed by atoms with Gasteiger partial charge in [-0.3, -0.25) is 4.57 Å². The van der Waals surface area contributed by atoms with Gasteiger partial charge in [-0.1, -0.05) is 29.3 Å². The molecule has 0 radical (unpaired) electrons. The van der Waals surface area contributed by atoms with Gasteiger partial charge >= 0.3 is 5.69 Å². The summed E-state index contributed by atoms with van der Waals surface area (Å²) in [5.41, 5.74) is 0.938. The minimum absolute atomic E-state index is 0.109. The first kappa shape index (κ1) is 18.7. The van der Waals surface area contributed by atoms with Crippen molar-refractivity contribution in [1.29, 1.82) is 5.26 Å². The van der Waals surface area contributed by atoms with Gasteiger partial charge in [-0.25, -0.2) is 4.79 Å². The number of imidazole rings is 1. The quantitative estimate of drug-likeness (QED) is 0.587. The number of hydrogen-bond donors (Lipinski definition) is 3. The minimum Gasteiger partial charge on any atom is -0.354 e. The first-order valence-corrected chi connectivity index (χ1v) is 9.60. The van der Waals surface area contributed by atoms with E-state index in [4.69, 9.17) is 23.2 Å². The molecule has 4 rings (SSSR count). The fraction of sp³-hybridized carbons (Fsp3) is 0.333. The highest BCUT2D eigenvalue weighted by Gasteiger charge is 2.19. The SMILES string of the molecule is N#Cc1nc(NC[C@@H]2CCNC2)nc2c1[nH]c(=O)n2Cc1c(Cl)cccc1Cl. The smallest absolute Gasteiger partial charge is 0.328 e. The second-order valence-corrected chi connectivity index (χ2v) is 7.48. The summed E-state index contributed by atoms with van der Waals surface area (Å²) in [7, 11) is 0. The Labute approximate surface area is 170 Å². The third-order valence-electron chi connectivity index (χ3n) is 4.82. The first-order chi connectivity index (χ1) is 13.6. The van der Waals surface area contributed by atoms with E-state index in [0.29, 0.717) is 45.2 Å². The fourth-order valence-corrected chi connectivity index (χ4v) is 3.82. The Kier molecular flexibility index (Phi) is 5.22. The van der Waals surface area contributed by atoms with E-state index >= 15 is 0 Å². The summed E-state index contributed by atoms with van der Waals surface area (Å²) in [4.78, 5) is 23.9. The van der Waals surface area contributed by atoms with E-state index in [1.54, 1.807) is 18.2 Å². The maximum atomic E-state index is 12.5. The molecule has 10 heteroatoms. The number of anilines is 1. The Bertz CT molecular complexity index is 1110. The number of benzene rings is 1. The summed E-state index contributed by atoms with van der Waals surface area (Å²) in [6.45, 7) is 2.74. The Morgan fingerprint density at radius 1 is 1.32 bits per heavy atom. The zero-order valence-corrected chi connectivity index (χ0v) is 16.3. The fourth-order valence-electron chi connectivity index (χ4n) is 3.30. The number of H-pyrrole nitrogens is 1. The summed E-state index contributed by atoms with van der Waals surface area (Å²) >= 11 is 12.5. The summed E-state index contributed by atoms with van der Waals surface area (Å²) in [5.74, 6) is 0.786. The Balaban J connectivity index is 1.74. The van der Waals surface area contributed by atoms with Gasteiger partial charge in [0.05, 0.1) is 6.54 Å². The molecule has 1 atom stereocenters. The molecule has 1 aliphatic rings. The molecule has 1 aliphatic heterocycles. The molecule has 1 aromatic carbocycles. The van der Waals surface area contributed by atoms with Crippen LogP contribution in [0.2, 0.25) is 10.0 Å². The predicted molar refractivity (Wildman–Crippen MR) is 108 cm³/mol. The van der Waals surface area contributed by atoms with E-state index < -0.39 is 5.69 Å². The van der Waals surface area contributed by atoms with Gasteiger partial charge < -0.3 is 15.6 Å². The number of halogens is 2. The van der Waals surface area contributed by atoms with E-state index in [0.717, 1.165) is 19.5 Å². The molecule has 0 bridgehead atoms. The van der Waals surface area contributed by atoms with E-state index in [1.165, 1.54) is 4.57 Å². The van der Waals surface area contributed by atoms with Crippen molar-refractivity contribution in [3.63, 3.8) is 0 Å². The summed E-state index contributed by atoms with van der Waals surface area (Å²) in [5, 5.41) is 16.9. The zero-order valence-electron chi connectivity index (χ0n) is 14.8. The van der Waals surface area contributed by atoms with Gasteiger partial charge in [0.15, 0.2) is 11.3 Å². The zero-order chi connectivity index (χ0) is 19.7. The average Bonchev–Trinajstić information content (AvgIpc) is 3.30. The van der Waals surface area contributed by atoms with Crippen LogP contribution in [-0.2, 0) is 6.54 Å². The van der Waals surface area contributed by atoms with Crippen LogP contribution >= 0.6 is 23.2 Å². The highest BCUT2D eigenvalue weighted by Crippen LogP contribution is 2.26. The molecule has 1 fully saturated rings. The van der Waals surface area contributed by atoms with Crippen LogP contribution in [0.25, 0.3) is 11.2 Å². The Morgan fingerprint density at radius 3 is 2.79 bits per heavy atom. The van der Waals surface area contributed by atoms with E-state index in [1.807, 2.05) is 6.07 Å². The number of nitrogens with one attached hydrogen (secondary N) is 3. The predicted octanol–water partition coefficient (Wildman–Crippen LogP) is 2.37.